The van der Waals surface area contributed by atoms with Gasteiger partial charge in [0.15, 0.2) is 37.7 Å². The molecule has 31 nitrogen and oxygen atoms in total. The van der Waals surface area contributed by atoms with E-state index in [9.17, 15) is 97.0 Å². The maximum absolute atomic E-state index is 11.5. The number of methoxy groups -OCH3 is 1. The van der Waals surface area contributed by atoms with Crippen molar-refractivity contribution >= 4 is 0 Å². The second-order valence-electron chi connectivity index (χ2n) is 17.0. The predicted octanol–water partition coefficient (Wildman–Crippen LogP) is -13.4. The van der Waals surface area contributed by atoms with Crippen molar-refractivity contribution < 1.29 is 154 Å². The van der Waals surface area contributed by atoms with Gasteiger partial charge in [-0.05, 0) is 0 Å². The number of rotatable bonds is 17. The van der Waals surface area contributed by atoms with Crippen LogP contribution in [0.2, 0.25) is 0 Å². The maximum atomic E-state index is 11.5. The summed E-state index contributed by atoms with van der Waals surface area (Å²) in [6, 6.07) is 0. The van der Waals surface area contributed by atoms with Crippen LogP contribution in [0.5, 0.6) is 0 Å². The zero-order valence-corrected chi connectivity index (χ0v) is 36.0. The highest BCUT2D eigenvalue weighted by Crippen LogP contribution is 2.36. The van der Waals surface area contributed by atoms with Crippen molar-refractivity contribution in [3.63, 3.8) is 0 Å². The van der Waals surface area contributed by atoms with E-state index >= 15 is 0 Å². The van der Waals surface area contributed by atoms with Crippen LogP contribution in [0.25, 0.3) is 0 Å². The van der Waals surface area contributed by atoms with Gasteiger partial charge in [0.05, 0.1) is 39.6 Å². The van der Waals surface area contributed by atoms with Crippen LogP contribution in [-0.2, 0) is 56.8 Å². The molecule has 6 heterocycles. The lowest BCUT2D eigenvalue weighted by atomic mass is 9.95. The van der Waals surface area contributed by atoms with Gasteiger partial charge >= 0.3 is 0 Å². The van der Waals surface area contributed by atoms with Crippen molar-refractivity contribution in [2.24, 2.45) is 0 Å². The summed E-state index contributed by atoms with van der Waals surface area (Å²) >= 11 is 0. The highest BCUT2D eigenvalue weighted by molar-refractivity contribution is 4.99. The molecule has 0 aromatic heterocycles. The molecule has 0 aromatic carbocycles. The third kappa shape index (κ3) is 11.4. The lowest BCUT2D eigenvalue weighted by molar-refractivity contribution is -0.395. The van der Waals surface area contributed by atoms with E-state index in [2.05, 4.69) is 0 Å². The number of aliphatic hydroxyl groups excluding tert-OH is 19. The van der Waals surface area contributed by atoms with Crippen LogP contribution in [0.15, 0.2) is 0 Å². The Morgan fingerprint density at radius 1 is 0.294 bits per heavy atom. The van der Waals surface area contributed by atoms with Gasteiger partial charge in [0, 0.05) is 7.11 Å². The molecule has 6 rings (SSSR count). The van der Waals surface area contributed by atoms with Crippen LogP contribution in [-0.4, -0.2) is 328 Å². The third-order valence-corrected chi connectivity index (χ3v) is 12.7. The van der Waals surface area contributed by atoms with E-state index in [1.807, 2.05) is 0 Å². The Hall–Kier alpha value is -1.24. The van der Waals surface area contributed by atoms with Crippen molar-refractivity contribution in [2.45, 2.75) is 184 Å². The summed E-state index contributed by atoms with van der Waals surface area (Å²) in [4.78, 5) is 0. The predicted molar refractivity (Wildman–Crippen MR) is 204 cm³/mol. The first-order valence-corrected chi connectivity index (χ1v) is 21.5. The molecule has 6 saturated heterocycles. The van der Waals surface area contributed by atoms with Gasteiger partial charge in [-0.3, -0.25) is 0 Å². The van der Waals surface area contributed by atoms with E-state index in [0.29, 0.717) is 0 Å². The summed E-state index contributed by atoms with van der Waals surface area (Å²) in [7, 11) is 1.18. The molecule has 0 radical (unpaired) electrons. The van der Waals surface area contributed by atoms with Crippen molar-refractivity contribution in [1.82, 2.24) is 0 Å². The molecular weight excluding hydrogens is 940 g/mol. The molecule has 0 amide bonds. The maximum Gasteiger partial charge on any atom is 0.187 e. The highest BCUT2D eigenvalue weighted by Gasteiger charge is 2.57. The summed E-state index contributed by atoms with van der Waals surface area (Å²) in [5, 5.41) is 200. The van der Waals surface area contributed by atoms with Crippen LogP contribution in [0.1, 0.15) is 0 Å². The quantitative estimate of drug-likeness (QED) is 0.0643. The zero-order chi connectivity index (χ0) is 50.0. The van der Waals surface area contributed by atoms with Crippen molar-refractivity contribution in [2.75, 3.05) is 46.8 Å². The number of hydrogen-bond acceptors (Lipinski definition) is 31. The second-order valence-corrected chi connectivity index (χ2v) is 17.0. The summed E-state index contributed by atoms with van der Waals surface area (Å²) in [5.74, 6) is 0. The molecule has 6 aliphatic heterocycles. The van der Waals surface area contributed by atoms with E-state index in [-0.39, 0.29) is 0 Å². The molecule has 0 spiro atoms. The lowest BCUT2D eigenvalue weighted by Crippen LogP contribution is -2.68. The van der Waals surface area contributed by atoms with Gasteiger partial charge in [0.2, 0.25) is 0 Å². The molecule has 0 aliphatic carbocycles. The molecule has 12 unspecified atom stereocenters. The Morgan fingerprint density at radius 3 is 0.971 bits per heavy atom. The molecule has 0 bridgehead atoms. The Morgan fingerprint density at radius 2 is 0.588 bits per heavy atom. The summed E-state index contributed by atoms with van der Waals surface area (Å²) in [6.45, 7) is -5.37. The second kappa shape index (κ2) is 24.2. The van der Waals surface area contributed by atoms with Gasteiger partial charge in [-0.25, -0.2) is 0 Å². The molecule has 6 fully saturated rings. The normalized spacial score (nSPS) is 52.8. The fraction of sp³-hybridized carbons (Fsp3) is 1.00. The van der Waals surface area contributed by atoms with Crippen molar-refractivity contribution in [1.29, 1.82) is 0 Å². The summed E-state index contributed by atoms with van der Waals surface area (Å²) in [5.41, 5.74) is 0. The molecule has 0 saturated carbocycles. The van der Waals surface area contributed by atoms with Gasteiger partial charge < -0.3 is 154 Å². The van der Waals surface area contributed by atoms with Crippen LogP contribution in [0.4, 0.5) is 0 Å². The van der Waals surface area contributed by atoms with Crippen LogP contribution in [0.3, 0.4) is 0 Å². The van der Waals surface area contributed by atoms with Crippen LogP contribution >= 0.6 is 0 Å². The first kappa shape index (κ1) is 56.1. The molecular formula is C37H64O31. The van der Waals surface area contributed by atoms with Crippen molar-refractivity contribution in [3.8, 4) is 0 Å². The molecule has 19 N–H and O–H groups in total. The van der Waals surface area contributed by atoms with E-state index in [0.717, 1.165) is 0 Å². The molecule has 30 atom stereocenters. The van der Waals surface area contributed by atoms with E-state index in [1.165, 1.54) is 7.11 Å². The van der Waals surface area contributed by atoms with Crippen molar-refractivity contribution in [3.05, 3.63) is 0 Å². The average Bonchev–Trinajstić information content (AvgIpc) is 3.33. The Labute approximate surface area is 384 Å². The molecule has 0 aromatic rings. The zero-order valence-electron chi connectivity index (χ0n) is 36.0. The average molecular weight is 1000 g/mol. The van der Waals surface area contributed by atoms with E-state index in [1.54, 1.807) is 0 Å². The molecule has 68 heavy (non-hydrogen) atoms. The molecule has 6 aliphatic rings. The molecule has 398 valence electrons. The van der Waals surface area contributed by atoms with Gasteiger partial charge in [0.25, 0.3) is 0 Å². The summed E-state index contributed by atoms with van der Waals surface area (Å²) in [6.07, 6.45) is -55.7. The van der Waals surface area contributed by atoms with Crippen LogP contribution < -0.4 is 0 Å². The monoisotopic (exact) mass is 1000 g/mol. The van der Waals surface area contributed by atoms with Gasteiger partial charge in [-0.1, -0.05) is 0 Å². The first-order valence-electron chi connectivity index (χ1n) is 21.5. The van der Waals surface area contributed by atoms with Gasteiger partial charge in [0.1, 0.15) is 146 Å². The van der Waals surface area contributed by atoms with Crippen LogP contribution in [0, 0.1) is 0 Å². The first-order chi connectivity index (χ1) is 32.3. The SMILES string of the molecule is CO[C@@H]1C(CO)O[C@@H](O[C@H]2C(O)C(O)[C@@H](O[C@@H]3C(CO)O[C@@H](O[C@H]4C(O)C(O)[C@@H](O[C@@H]5C(CO)O[C@@H](O)C(O)[C@@H]5O)O[C@H]4CO[C@H]4O[C@@H](CO)[C@H](O)C(O)C4O)C(O)[C@H]3O)O[C@H]2CO)C(O)[C@H]1O. The largest absolute Gasteiger partial charge is 0.394 e. The smallest absolute Gasteiger partial charge is 0.187 e. The third-order valence-electron chi connectivity index (χ3n) is 12.7. The topological polar surface area (TPSA) is 495 Å². The van der Waals surface area contributed by atoms with E-state index in [4.69, 9.17) is 56.8 Å². The minimum Gasteiger partial charge on any atom is -0.394 e. The number of ether oxygens (including phenoxy) is 12. The van der Waals surface area contributed by atoms with E-state index < -0.39 is 224 Å². The fourth-order valence-corrected chi connectivity index (χ4v) is 8.69. The lowest BCUT2D eigenvalue weighted by Gasteiger charge is -2.49. The highest BCUT2D eigenvalue weighted by atomic mass is 16.8. The number of aliphatic hydroxyl groups is 19. The summed E-state index contributed by atoms with van der Waals surface area (Å²) < 4.78 is 66.5. The molecule has 31 heteroatoms. The minimum atomic E-state index is -2.23. The van der Waals surface area contributed by atoms with Gasteiger partial charge in [-0.15, -0.1) is 0 Å². The standard InChI is InChI=1S/C37H64O31/c1-57-27-9(3-39)61-34(23(52)17(27)46)66-29-11(5-41)62-35(24(53)18(29)47)67-30-12(6-42)63-36(25(54)19(30)48)68-31-13(7-58-33-22(51)15(44)14(43)8(2-38)60-33)64-37(26(55)20(31)49)65-28-10(4-40)59-32(56)21(50)16(28)45/h8-56H,2-7H2,1H3/t8-,9?,10?,11-,12?,13-,14-,15?,16-,17+,18?,19+,20?,21?,22?,23?,24?,25?,26?,27+,28+,29+,30+,31+,32+,33-,34-,35+,36-,37+/m0/s1. The Balaban J connectivity index is 1.17. The van der Waals surface area contributed by atoms with Gasteiger partial charge in [-0.2, -0.15) is 0 Å². The fourth-order valence-electron chi connectivity index (χ4n) is 8.69. The Kier molecular flexibility index (Phi) is 19.9. The minimum absolute atomic E-state index is 0.704. The Bertz CT molecular complexity index is 1520. The number of hydrogen-bond donors (Lipinski definition) is 19.